The van der Waals surface area contributed by atoms with Crippen LogP contribution in [-0.4, -0.2) is 30.0 Å². The average molecular weight is 188 g/mol. The summed E-state index contributed by atoms with van der Waals surface area (Å²) in [5.41, 5.74) is 5.41. The summed E-state index contributed by atoms with van der Waals surface area (Å²) < 4.78 is 0. The molecule has 0 heterocycles. The molecular weight excluding hydrogens is 168 g/mol. The Labute approximate surface area is 81.1 Å². The number of thiocarbonyl (C=S) groups is 1. The summed E-state index contributed by atoms with van der Waals surface area (Å²) in [6.07, 6.45) is 5.20. The van der Waals surface area contributed by atoms with Gasteiger partial charge in [-0.05, 0) is 20.0 Å². The summed E-state index contributed by atoms with van der Waals surface area (Å²) in [5, 5.41) is 0. The molecule has 2 N–H and O–H groups in total. The van der Waals surface area contributed by atoms with Crippen LogP contribution in [0.15, 0.2) is 0 Å². The second kappa shape index (κ2) is 7.50. The van der Waals surface area contributed by atoms with Gasteiger partial charge in [0.25, 0.3) is 0 Å². The molecule has 0 aliphatic carbocycles. The lowest BCUT2D eigenvalue weighted by atomic mass is 10.2. The largest absolute Gasteiger partial charge is 0.392 e. The minimum Gasteiger partial charge on any atom is -0.392 e. The maximum absolute atomic E-state index is 5.41. The van der Waals surface area contributed by atoms with Crippen LogP contribution in [0.4, 0.5) is 0 Å². The minimum absolute atomic E-state index is 0.591. The zero-order valence-electron chi connectivity index (χ0n) is 8.18. The number of likely N-dealkylation sites (N-methyl/N-ethyl adjacent to an activating group) is 1. The molecule has 2 nitrogen and oxygen atoms in total. The van der Waals surface area contributed by atoms with Crippen molar-refractivity contribution in [2.45, 2.75) is 32.6 Å². The van der Waals surface area contributed by atoms with E-state index in [-0.39, 0.29) is 0 Å². The van der Waals surface area contributed by atoms with Crippen LogP contribution in [0.3, 0.4) is 0 Å². The SMILES string of the molecule is CCCCCCN(C)CC(N)=S. The van der Waals surface area contributed by atoms with Crippen molar-refractivity contribution in [1.82, 2.24) is 4.90 Å². The van der Waals surface area contributed by atoms with Gasteiger partial charge in [0.15, 0.2) is 0 Å². The predicted molar refractivity (Wildman–Crippen MR) is 58.4 cm³/mol. The Hall–Kier alpha value is -0.150. The van der Waals surface area contributed by atoms with Crippen molar-refractivity contribution in [2.24, 2.45) is 5.73 Å². The first-order chi connectivity index (χ1) is 5.66. The quantitative estimate of drug-likeness (QED) is 0.488. The van der Waals surface area contributed by atoms with Gasteiger partial charge in [0.1, 0.15) is 0 Å². The second-order valence-electron chi connectivity index (χ2n) is 3.26. The first kappa shape index (κ1) is 11.8. The van der Waals surface area contributed by atoms with E-state index in [1.54, 1.807) is 0 Å². The van der Waals surface area contributed by atoms with Gasteiger partial charge >= 0.3 is 0 Å². The van der Waals surface area contributed by atoms with E-state index in [2.05, 4.69) is 18.9 Å². The number of nitrogens with two attached hydrogens (primary N) is 1. The van der Waals surface area contributed by atoms with Crippen LogP contribution in [0, 0.1) is 0 Å². The maximum atomic E-state index is 5.41. The summed E-state index contributed by atoms with van der Waals surface area (Å²) >= 11 is 4.81. The molecule has 0 bridgehead atoms. The van der Waals surface area contributed by atoms with Crippen LogP contribution in [0.1, 0.15) is 32.6 Å². The lowest BCUT2D eigenvalue weighted by molar-refractivity contribution is 0.367. The Morgan fingerprint density at radius 1 is 1.33 bits per heavy atom. The van der Waals surface area contributed by atoms with E-state index in [1.807, 2.05) is 0 Å². The van der Waals surface area contributed by atoms with Crippen LogP contribution in [0.5, 0.6) is 0 Å². The molecule has 72 valence electrons. The van der Waals surface area contributed by atoms with Crippen molar-refractivity contribution in [3.05, 3.63) is 0 Å². The number of rotatable bonds is 7. The second-order valence-corrected chi connectivity index (χ2v) is 3.79. The molecule has 0 aromatic heterocycles. The van der Waals surface area contributed by atoms with E-state index < -0.39 is 0 Å². The summed E-state index contributed by atoms with van der Waals surface area (Å²) in [6.45, 7) is 4.08. The molecular formula is C9H20N2S. The zero-order chi connectivity index (χ0) is 9.40. The fourth-order valence-electron chi connectivity index (χ4n) is 1.15. The predicted octanol–water partition coefficient (Wildman–Crippen LogP) is 1.78. The van der Waals surface area contributed by atoms with Crippen molar-refractivity contribution in [3.8, 4) is 0 Å². The Balaban J connectivity index is 3.19. The molecule has 0 aliphatic heterocycles. The Morgan fingerprint density at radius 2 is 2.00 bits per heavy atom. The van der Waals surface area contributed by atoms with Crippen LogP contribution in [0.25, 0.3) is 0 Å². The molecule has 0 amide bonds. The molecule has 3 heteroatoms. The van der Waals surface area contributed by atoms with Gasteiger partial charge in [0, 0.05) is 6.54 Å². The molecule has 0 aromatic carbocycles. The molecule has 0 saturated carbocycles. The van der Waals surface area contributed by atoms with Gasteiger partial charge in [0.2, 0.25) is 0 Å². The van der Waals surface area contributed by atoms with Crippen molar-refractivity contribution in [2.75, 3.05) is 20.1 Å². The first-order valence-electron chi connectivity index (χ1n) is 4.63. The van der Waals surface area contributed by atoms with E-state index in [0.717, 1.165) is 13.1 Å². The van der Waals surface area contributed by atoms with Gasteiger partial charge in [-0.3, -0.25) is 4.90 Å². The van der Waals surface area contributed by atoms with Gasteiger partial charge in [-0.25, -0.2) is 0 Å². The summed E-state index contributed by atoms with van der Waals surface area (Å²) in [4.78, 5) is 2.77. The molecule has 0 radical (unpaired) electrons. The monoisotopic (exact) mass is 188 g/mol. The van der Waals surface area contributed by atoms with Crippen molar-refractivity contribution in [1.29, 1.82) is 0 Å². The molecule has 0 rings (SSSR count). The molecule has 0 unspecified atom stereocenters. The van der Waals surface area contributed by atoms with Gasteiger partial charge in [-0.2, -0.15) is 0 Å². The topological polar surface area (TPSA) is 29.3 Å². The highest BCUT2D eigenvalue weighted by Gasteiger charge is 1.98. The van der Waals surface area contributed by atoms with Crippen molar-refractivity contribution < 1.29 is 0 Å². The third-order valence-corrected chi connectivity index (χ3v) is 1.95. The standard InChI is InChI=1S/C9H20N2S/c1-3-4-5-6-7-11(2)8-9(10)12/h3-8H2,1-2H3,(H2,10,12). The first-order valence-corrected chi connectivity index (χ1v) is 5.04. The van der Waals surface area contributed by atoms with E-state index in [4.69, 9.17) is 18.0 Å². The van der Waals surface area contributed by atoms with Crippen LogP contribution >= 0.6 is 12.2 Å². The molecule has 0 atom stereocenters. The zero-order valence-corrected chi connectivity index (χ0v) is 8.99. The minimum atomic E-state index is 0.591. The van der Waals surface area contributed by atoms with Crippen LogP contribution in [0.2, 0.25) is 0 Å². The fourth-order valence-corrected chi connectivity index (χ4v) is 1.37. The number of nitrogens with zero attached hydrogens (tertiary/aromatic N) is 1. The third-order valence-electron chi connectivity index (χ3n) is 1.82. The highest BCUT2D eigenvalue weighted by Crippen LogP contribution is 1.99. The lowest BCUT2D eigenvalue weighted by Gasteiger charge is -2.14. The van der Waals surface area contributed by atoms with E-state index >= 15 is 0 Å². The molecule has 0 fully saturated rings. The smallest absolute Gasteiger partial charge is 0.0869 e. The van der Waals surface area contributed by atoms with E-state index in [1.165, 1.54) is 25.7 Å². The van der Waals surface area contributed by atoms with Gasteiger partial charge < -0.3 is 5.73 Å². The third kappa shape index (κ3) is 7.95. The average Bonchev–Trinajstić information content (AvgIpc) is 1.97. The summed E-state index contributed by atoms with van der Waals surface area (Å²) in [7, 11) is 2.06. The number of hydrogen-bond acceptors (Lipinski definition) is 2. The lowest BCUT2D eigenvalue weighted by Crippen LogP contribution is -2.30. The Bertz CT molecular complexity index is 126. The highest BCUT2D eigenvalue weighted by molar-refractivity contribution is 7.80. The fraction of sp³-hybridized carbons (Fsp3) is 0.889. The Morgan fingerprint density at radius 3 is 2.50 bits per heavy atom. The summed E-state index contributed by atoms with van der Waals surface area (Å²) in [6, 6.07) is 0. The van der Waals surface area contributed by atoms with Crippen molar-refractivity contribution >= 4 is 17.2 Å². The van der Waals surface area contributed by atoms with Gasteiger partial charge in [-0.15, -0.1) is 0 Å². The normalized spacial score (nSPS) is 10.6. The highest BCUT2D eigenvalue weighted by atomic mass is 32.1. The number of unbranched alkanes of at least 4 members (excludes halogenated alkanes) is 3. The van der Waals surface area contributed by atoms with Crippen molar-refractivity contribution in [3.63, 3.8) is 0 Å². The Kier molecular flexibility index (Phi) is 7.40. The molecule has 0 spiro atoms. The van der Waals surface area contributed by atoms with Crippen LogP contribution in [-0.2, 0) is 0 Å². The van der Waals surface area contributed by atoms with Crippen LogP contribution < -0.4 is 5.73 Å². The molecule has 0 aromatic rings. The van der Waals surface area contributed by atoms with Gasteiger partial charge in [-0.1, -0.05) is 38.4 Å². The van der Waals surface area contributed by atoms with E-state index in [9.17, 15) is 0 Å². The van der Waals surface area contributed by atoms with Gasteiger partial charge in [0.05, 0.1) is 4.99 Å². The van der Waals surface area contributed by atoms with E-state index in [0.29, 0.717) is 4.99 Å². The maximum Gasteiger partial charge on any atom is 0.0869 e. The summed E-state index contributed by atoms with van der Waals surface area (Å²) in [5.74, 6) is 0. The molecule has 12 heavy (non-hydrogen) atoms. The number of hydrogen-bond donors (Lipinski definition) is 1. The molecule has 0 aliphatic rings. The molecule has 0 saturated heterocycles.